The number of aromatic nitrogens is 2. The van der Waals surface area contributed by atoms with Crippen LogP contribution in [0.5, 0.6) is 0 Å². The van der Waals surface area contributed by atoms with E-state index in [1.807, 2.05) is 26.4 Å². The number of hydrogen-bond acceptors (Lipinski definition) is 5. The molecule has 0 saturated heterocycles. The molecule has 27 heavy (non-hydrogen) atoms. The molecule has 1 aliphatic rings. The molecule has 2 N–H and O–H groups in total. The summed E-state index contributed by atoms with van der Waals surface area (Å²) in [7, 11) is 4.07. The molecule has 0 amide bonds. The second-order valence-electron chi connectivity index (χ2n) is 6.91. The van der Waals surface area contributed by atoms with Crippen LogP contribution in [0, 0.1) is 0 Å². The van der Waals surface area contributed by atoms with E-state index in [2.05, 4.69) is 68.3 Å². The standard InChI is InChI=1S/C22H23N5/c1-26(2)18-9-7-17(8-10-18)20-13-21-19(22(23)25-20)6-4-12-27(21)15-16-5-3-11-24-14-16/h3-11,13-14H,12,15H2,1-2H3,(H2,23,25). The monoisotopic (exact) mass is 357 g/mol. The second kappa shape index (κ2) is 7.11. The summed E-state index contributed by atoms with van der Waals surface area (Å²) >= 11 is 0. The number of fused-ring (bicyclic) bond motifs is 1. The summed E-state index contributed by atoms with van der Waals surface area (Å²) in [4.78, 5) is 13.3. The van der Waals surface area contributed by atoms with Crippen LogP contribution in [0.15, 0.2) is 60.9 Å². The van der Waals surface area contributed by atoms with Crippen LogP contribution >= 0.6 is 0 Å². The van der Waals surface area contributed by atoms with Gasteiger partial charge in [0, 0.05) is 56.4 Å². The van der Waals surface area contributed by atoms with Crippen molar-refractivity contribution in [2.45, 2.75) is 6.54 Å². The fraction of sp³-hybridized carbons (Fsp3) is 0.182. The number of nitrogens with two attached hydrogens (primary N) is 1. The lowest BCUT2D eigenvalue weighted by Gasteiger charge is -2.29. The van der Waals surface area contributed by atoms with E-state index in [1.165, 1.54) is 5.56 Å². The van der Waals surface area contributed by atoms with E-state index < -0.39 is 0 Å². The van der Waals surface area contributed by atoms with Crippen LogP contribution < -0.4 is 15.5 Å². The summed E-state index contributed by atoms with van der Waals surface area (Å²) in [5, 5.41) is 0. The van der Waals surface area contributed by atoms with E-state index >= 15 is 0 Å². The molecule has 0 fully saturated rings. The minimum absolute atomic E-state index is 0.561. The lowest BCUT2D eigenvalue weighted by molar-refractivity contribution is 0.855. The summed E-state index contributed by atoms with van der Waals surface area (Å²) in [5.41, 5.74) is 12.7. The number of nitrogen functional groups attached to an aromatic ring is 1. The third kappa shape index (κ3) is 3.49. The predicted octanol–water partition coefficient (Wildman–Crippen LogP) is 3.83. The molecular formula is C22H23N5. The molecule has 3 heterocycles. The number of anilines is 3. The topological polar surface area (TPSA) is 58.3 Å². The van der Waals surface area contributed by atoms with Gasteiger partial charge in [-0.25, -0.2) is 4.98 Å². The summed E-state index contributed by atoms with van der Waals surface area (Å²) in [6.45, 7) is 1.62. The van der Waals surface area contributed by atoms with Crippen molar-refractivity contribution in [3.8, 4) is 11.3 Å². The molecule has 5 nitrogen and oxygen atoms in total. The van der Waals surface area contributed by atoms with Gasteiger partial charge in [0.1, 0.15) is 5.82 Å². The van der Waals surface area contributed by atoms with Gasteiger partial charge in [0.2, 0.25) is 0 Å². The molecule has 0 radical (unpaired) electrons. The molecule has 5 heteroatoms. The van der Waals surface area contributed by atoms with Crippen molar-refractivity contribution in [1.82, 2.24) is 9.97 Å². The molecule has 136 valence electrons. The Morgan fingerprint density at radius 1 is 1.15 bits per heavy atom. The highest BCUT2D eigenvalue weighted by Crippen LogP contribution is 2.34. The first-order valence-electron chi connectivity index (χ1n) is 9.00. The van der Waals surface area contributed by atoms with E-state index in [1.54, 1.807) is 6.20 Å². The molecule has 1 aliphatic heterocycles. The highest BCUT2D eigenvalue weighted by atomic mass is 15.1. The summed E-state index contributed by atoms with van der Waals surface area (Å²) < 4.78 is 0. The first kappa shape index (κ1) is 17.1. The van der Waals surface area contributed by atoms with Crippen LogP contribution in [0.25, 0.3) is 17.3 Å². The Kier molecular flexibility index (Phi) is 4.50. The maximum Gasteiger partial charge on any atom is 0.133 e. The molecule has 0 bridgehead atoms. The summed E-state index contributed by atoms with van der Waals surface area (Å²) in [6.07, 6.45) is 7.90. The van der Waals surface area contributed by atoms with E-state index in [-0.39, 0.29) is 0 Å². The highest BCUT2D eigenvalue weighted by molar-refractivity contribution is 5.82. The van der Waals surface area contributed by atoms with Crippen molar-refractivity contribution in [3.63, 3.8) is 0 Å². The number of rotatable bonds is 4. The van der Waals surface area contributed by atoms with Gasteiger partial charge >= 0.3 is 0 Å². The smallest absolute Gasteiger partial charge is 0.133 e. The Labute approximate surface area is 159 Å². The number of benzene rings is 1. The van der Waals surface area contributed by atoms with Gasteiger partial charge in [-0.1, -0.05) is 30.4 Å². The summed E-state index contributed by atoms with van der Waals surface area (Å²) in [5.74, 6) is 0.561. The zero-order chi connectivity index (χ0) is 18.8. The van der Waals surface area contributed by atoms with Crippen molar-refractivity contribution < 1.29 is 0 Å². The van der Waals surface area contributed by atoms with Crippen molar-refractivity contribution in [3.05, 3.63) is 72.1 Å². The van der Waals surface area contributed by atoms with Gasteiger partial charge in [-0.15, -0.1) is 0 Å². The largest absolute Gasteiger partial charge is 0.383 e. The van der Waals surface area contributed by atoms with Crippen molar-refractivity contribution in [2.24, 2.45) is 0 Å². The molecule has 3 aromatic rings. The fourth-order valence-corrected chi connectivity index (χ4v) is 3.33. The van der Waals surface area contributed by atoms with E-state index in [9.17, 15) is 0 Å². The van der Waals surface area contributed by atoms with Crippen molar-refractivity contribution in [1.29, 1.82) is 0 Å². The quantitative estimate of drug-likeness (QED) is 0.769. The zero-order valence-corrected chi connectivity index (χ0v) is 15.6. The number of nitrogens with zero attached hydrogens (tertiary/aromatic N) is 4. The normalized spacial score (nSPS) is 12.7. The number of hydrogen-bond donors (Lipinski definition) is 1. The predicted molar refractivity (Wildman–Crippen MR) is 113 cm³/mol. The van der Waals surface area contributed by atoms with Gasteiger partial charge in [-0.05, 0) is 29.8 Å². The van der Waals surface area contributed by atoms with Crippen molar-refractivity contribution >= 4 is 23.3 Å². The summed E-state index contributed by atoms with van der Waals surface area (Å²) in [6, 6.07) is 14.6. The second-order valence-corrected chi connectivity index (χ2v) is 6.91. The van der Waals surface area contributed by atoms with Gasteiger partial charge in [0.05, 0.1) is 11.4 Å². The van der Waals surface area contributed by atoms with E-state index in [0.717, 1.165) is 41.3 Å². The molecule has 0 unspecified atom stereocenters. The SMILES string of the molecule is CN(C)c1ccc(-c2cc3c(c(N)n2)C=CCN3Cc2cccnc2)cc1. The van der Waals surface area contributed by atoms with Crippen LogP contribution in [0.4, 0.5) is 17.2 Å². The Bertz CT molecular complexity index is 962. The molecule has 0 saturated carbocycles. The van der Waals surface area contributed by atoms with Gasteiger partial charge in [-0.2, -0.15) is 0 Å². The lowest BCUT2D eigenvalue weighted by Crippen LogP contribution is -2.26. The van der Waals surface area contributed by atoms with Crippen LogP contribution in [0.1, 0.15) is 11.1 Å². The Hall–Kier alpha value is -3.34. The van der Waals surface area contributed by atoms with Crippen LogP contribution in [0.2, 0.25) is 0 Å². The maximum atomic E-state index is 6.30. The maximum absolute atomic E-state index is 6.30. The van der Waals surface area contributed by atoms with Crippen LogP contribution in [-0.4, -0.2) is 30.6 Å². The van der Waals surface area contributed by atoms with E-state index in [0.29, 0.717) is 5.82 Å². The van der Waals surface area contributed by atoms with Gasteiger partial charge in [0.25, 0.3) is 0 Å². The Balaban J connectivity index is 1.71. The minimum atomic E-state index is 0.561. The molecule has 0 spiro atoms. The first-order chi connectivity index (χ1) is 13.1. The first-order valence-corrected chi connectivity index (χ1v) is 9.00. The average molecular weight is 357 g/mol. The molecule has 2 aromatic heterocycles. The molecular weight excluding hydrogens is 334 g/mol. The van der Waals surface area contributed by atoms with Gasteiger partial charge in [0.15, 0.2) is 0 Å². The Morgan fingerprint density at radius 3 is 2.67 bits per heavy atom. The van der Waals surface area contributed by atoms with Crippen molar-refractivity contribution in [2.75, 3.05) is 36.2 Å². The van der Waals surface area contributed by atoms with Crippen LogP contribution in [0.3, 0.4) is 0 Å². The molecule has 1 aromatic carbocycles. The average Bonchev–Trinajstić information content (AvgIpc) is 2.69. The third-order valence-corrected chi connectivity index (χ3v) is 4.79. The van der Waals surface area contributed by atoms with E-state index in [4.69, 9.17) is 5.73 Å². The zero-order valence-electron chi connectivity index (χ0n) is 15.6. The Morgan fingerprint density at radius 2 is 1.96 bits per heavy atom. The molecule has 4 rings (SSSR count). The number of pyridine rings is 2. The minimum Gasteiger partial charge on any atom is -0.383 e. The third-order valence-electron chi connectivity index (χ3n) is 4.79. The van der Waals surface area contributed by atoms with Gasteiger partial charge < -0.3 is 15.5 Å². The van der Waals surface area contributed by atoms with Crippen LogP contribution in [-0.2, 0) is 6.54 Å². The van der Waals surface area contributed by atoms with Gasteiger partial charge in [-0.3, -0.25) is 4.98 Å². The lowest BCUT2D eigenvalue weighted by atomic mass is 10.0. The fourth-order valence-electron chi connectivity index (χ4n) is 3.33. The molecule has 0 aliphatic carbocycles. The molecule has 0 atom stereocenters. The highest BCUT2D eigenvalue weighted by Gasteiger charge is 2.18.